The Hall–Kier alpha value is -2.60. The molecule has 2 aromatic carbocycles. The van der Waals surface area contributed by atoms with Gasteiger partial charge in [-0.1, -0.05) is 42.5 Å². The molecular weight excluding hydrogens is 354 g/mol. The SMILES string of the molecule is CCOC(=O)N1CCC(NC(=O)CN[C@@H](C)c2cccc3ccccc23)CC1. The van der Waals surface area contributed by atoms with E-state index >= 15 is 0 Å². The number of amides is 2. The van der Waals surface area contributed by atoms with Crippen molar-refractivity contribution in [2.24, 2.45) is 0 Å². The molecule has 2 N–H and O–H groups in total. The van der Waals surface area contributed by atoms with Crippen LogP contribution < -0.4 is 10.6 Å². The average Bonchev–Trinajstić information content (AvgIpc) is 2.72. The minimum Gasteiger partial charge on any atom is -0.450 e. The molecule has 1 atom stereocenters. The summed E-state index contributed by atoms with van der Waals surface area (Å²) >= 11 is 0. The van der Waals surface area contributed by atoms with Crippen LogP contribution in [0.1, 0.15) is 38.3 Å². The van der Waals surface area contributed by atoms with Crippen molar-refractivity contribution in [3.05, 3.63) is 48.0 Å². The summed E-state index contributed by atoms with van der Waals surface area (Å²) in [5, 5.41) is 8.81. The van der Waals surface area contributed by atoms with E-state index in [9.17, 15) is 9.59 Å². The third kappa shape index (κ3) is 5.01. The fraction of sp³-hybridized carbons (Fsp3) is 0.455. The first-order chi connectivity index (χ1) is 13.6. The van der Waals surface area contributed by atoms with E-state index in [-0.39, 0.29) is 30.6 Å². The van der Waals surface area contributed by atoms with Crippen LogP contribution in [0.2, 0.25) is 0 Å². The third-order valence-corrected chi connectivity index (χ3v) is 5.24. The van der Waals surface area contributed by atoms with Gasteiger partial charge < -0.3 is 20.3 Å². The Kier molecular flexibility index (Phi) is 6.87. The largest absolute Gasteiger partial charge is 0.450 e. The van der Waals surface area contributed by atoms with Crippen molar-refractivity contribution in [3.8, 4) is 0 Å². The van der Waals surface area contributed by atoms with E-state index in [1.807, 2.05) is 18.2 Å². The van der Waals surface area contributed by atoms with Crippen LogP contribution in [0.25, 0.3) is 10.8 Å². The molecule has 6 heteroatoms. The zero-order valence-electron chi connectivity index (χ0n) is 16.6. The summed E-state index contributed by atoms with van der Waals surface area (Å²) in [5.74, 6) is -0.0123. The maximum Gasteiger partial charge on any atom is 0.409 e. The maximum absolute atomic E-state index is 12.3. The lowest BCUT2D eigenvalue weighted by atomic mass is 10.00. The summed E-state index contributed by atoms with van der Waals surface area (Å²) in [4.78, 5) is 25.8. The van der Waals surface area contributed by atoms with Gasteiger partial charge in [-0.3, -0.25) is 4.79 Å². The zero-order valence-corrected chi connectivity index (χ0v) is 16.6. The number of nitrogens with one attached hydrogen (secondary N) is 2. The van der Waals surface area contributed by atoms with Gasteiger partial charge in [0.1, 0.15) is 0 Å². The van der Waals surface area contributed by atoms with Gasteiger partial charge in [0.2, 0.25) is 5.91 Å². The van der Waals surface area contributed by atoms with Crippen molar-refractivity contribution in [1.82, 2.24) is 15.5 Å². The standard InChI is InChI=1S/C22H29N3O3/c1-3-28-22(27)25-13-11-18(12-14-25)24-21(26)15-23-16(2)19-10-6-8-17-7-4-5-9-20(17)19/h4-10,16,18,23H,3,11-15H2,1-2H3,(H,24,26)/t16-/m0/s1. The van der Waals surface area contributed by atoms with Gasteiger partial charge in [0.25, 0.3) is 0 Å². The Morgan fingerprint density at radius 1 is 1.14 bits per heavy atom. The maximum atomic E-state index is 12.3. The van der Waals surface area contributed by atoms with Crippen molar-refractivity contribution in [2.45, 2.75) is 38.8 Å². The van der Waals surface area contributed by atoms with Crippen LogP contribution in [0.5, 0.6) is 0 Å². The Balaban J connectivity index is 1.46. The topological polar surface area (TPSA) is 70.7 Å². The lowest BCUT2D eigenvalue weighted by Gasteiger charge is -2.31. The van der Waals surface area contributed by atoms with E-state index in [4.69, 9.17) is 4.74 Å². The minimum atomic E-state index is -0.266. The number of carbonyl (C=O) groups excluding carboxylic acids is 2. The van der Waals surface area contributed by atoms with E-state index in [0.29, 0.717) is 19.7 Å². The summed E-state index contributed by atoms with van der Waals surface area (Å²) < 4.78 is 5.02. The highest BCUT2D eigenvalue weighted by Crippen LogP contribution is 2.23. The molecule has 0 unspecified atom stereocenters. The molecule has 1 aliphatic rings. The van der Waals surface area contributed by atoms with Crippen LogP contribution in [0.4, 0.5) is 4.79 Å². The Morgan fingerprint density at radius 2 is 1.86 bits per heavy atom. The van der Waals surface area contributed by atoms with Gasteiger partial charge in [-0.05, 0) is 43.0 Å². The molecule has 0 bridgehead atoms. The number of rotatable bonds is 6. The Labute approximate surface area is 166 Å². The van der Waals surface area contributed by atoms with Gasteiger partial charge in [0.15, 0.2) is 0 Å². The number of ether oxygens (including phenoxy) is 1. The normalized spacial score (nSPS) is 16.0. The van der Waals surface area contributed by atoms with Crippen molar-refractivity contribution in [3.63, 3.8) is 0 Å². The van der Waals surface area contributed by atoms with Gasteiger partial charge in [-0.25, -0.2) is 4.79 Å². The van der Waals surface area contributed by atoms with Gasteiger partial charge in [0, 0.05) is 25.2 Å². The van der Waals surface area contributed by atoms with E-state index in [1.165, 1.54) is 16.3 Å². The number of fused-ring (bicyclic) bond motifs is 1. The van der Waals surface area contributed by atoms with Crippen molar-refractivity contribution >= 4 is 22.8 Å². The number of hydrogen-bond donors (Lipinski definition) is 2. The number of piperidine rings is 1. The number of nitrogens with zero attached hydrogens (tertiary/aromatic N) is 1. The minimum absolute atomic E-state index is 0.0123. The lowest BCUT2D eigenvalue weighted by molar-refractivity contribution is -0.121. The van der Waals surface area contributed by atoms with Gasteiger partial charge in [-0.15, -0.1) is 0 Å². The molecule has 0 aliphatic carbocycles. The smallest absolute Gasteiger partial charge is 0.409 e. The molecule has 1 aliphatic heterocycles. The average molecular weight is 383 g/mol. The van der Waals surface area contributed by atoms with Crippen LogP contribution >= 0.6 is 0 Å². The van der Waals surface area contributed by atoms with E-state index in [2.05, 4.69) is 41.8 Å². The van der Waals surface area contributed by atoms with Crippen LogP contribution in [-0.2, 0) is 9.53 Å². The van der Waals surface area contributed by atoms with Crippen LogP contribution in [-0.4, -0.2) is 49.2 Å². The summed E-state index contributed by atoms with van der Waals surface area (Å²) in [6.07, 6.45) is 1.24. The summed E-state index contributed by atoms with van der Waals surface area (Å²) in [7, 11) is 0. The van der Waals surface area contributed by atoms with Gasteiger partial charge in [0.05, 0.1) is 13.2 Å². The lowest BCUT2D eigenvalue weighted by Crippen LogP contribution is -2.48. The van der Waals surface area contributed by atoms with Crippen LogP contribution in [0, 0.1) is 0 Å². The monoisotopic (exact) mass is 383 g/mol. The molecule has 0 saturated carbocycles. The molecule has 0 aromatic heterocycles. The highest BCUT2D eigenvalue weighted by atomic mass is 16.6. The van der Waals surface area contributed by atoms with Crippen LogP contribution in [0.3, 0.4) is 0 Å². The highest BCUT2D eigenvalue weighted by Gasteiger charge is 2.24. The second-order valence-corrected chi connectivity index (χ2v) is 7.20. The second-order valence-electron chi connectivity index (χ2n) is 7.20. The number of likely N-dealkylation sites (tertiary alicyclic amines) is 1. The van der Waals surface area contributed by atoms with Gasteiger partial charge >= 0.3 is 6.09 Å². The molecule has 28 heavy (non-hydrogen) atoms. The number of benzene rings is 2. The van der Waals surface area contributed by atoms with Crippen molar-refractivity contribution in [1.29, 1.82) is 0 Å². The predicted octanol–water partition coefficient (Wildman–Crippen LogP) is 3.23. The molecule has 1 heterocycles. The molecule has 0 spiro atoms. The Bertz CT molecular complexity index is 810. The number of hydrogen-bond acceptors (Lipinski definition) is 4. The van der Waals surface area contributed by atoms with E-state index in [1.54, 1.807) is 11.8 Å². The predicted molar refractivity (Wildman–Crippen MR) is 110 cm³/mol. The molecule has 3 rings (SSSR count). The first-order valence-corrected chi connectivity index (χ1v) is 10.0. The molecular formula is C22H29N3O3. The molecule has 2 amide bonds. The molecule has 1 fully saturated rings. The summed E-state index contributed by atoms with van der Waals surface area (Å²) in [6, 6.07) is 14.7. The fourth-order valence-corrected chi connectivity index (χ4v) is 3.68. The van der Waals surface area contributed by atoms with Gasteiger partial charge in [-0.2, -0.15) is 0 Å². The van der Waals surface area contributed by atoms with Crippen molar-refractivity contribution in [2.75, 3.05) is 26.2 Å². The quantitative estimate of drug-likeness (QED) is 0.803. The molecule has 6 nitrogen and oxygen atoms in total. The van der Waals surface area contributed by atoms with E-state index in [0.717, 1.165) is 12.8 Å². The summed E-state index contributed by atoms with van der Waals surface area (Å²) in [5.41, 5.74) is 1.19. The first kappa shape index (κ1) is 20.1. The highest BCUT2D eigenvalue weighted by molar-refractivity contribution is 5.86. The molecule has 2 aromatic rings. The zero-order chi connectivity index (χ0) is 19.9. The molecule has 150 valence electrons. The fourth-order valence-electron chi connectivity index (χ4n) is 3.68. The van der Waals surface area contributed by atoms with Crippen LogP contribution in [0.15, 0.2) is 42.5 Å². The third-order valence-electron chi connectivity index (χ3n) is 5.24. The first-order valence-electron chi connectivity index (χ1n) is 10.0. The Morgan fingerprint density at radius 3 is 2.61 bits per heavy atom. The van der Waals surface area contributed by atoms with E-state index < -0.39 is 0 Å². The molecule has 1 saturated heterocycles. The molecule has 0 radical (unpaired) electrons. The number of carbonyl (C=O) groups is 2. The summed E-state index contributed by atoms with van der Waals surface area (Å²) in [6.45, 7) is 5.76. The van der Waals surface area contributed by atoms with Crippen molar-refractivity contribution < 1.29 is 14.3 Å². The second kappa shape index (κ2) is 9.55.